The summed E-state index contributed by atoms with van der Waals surface area (Å²) in [6.45, 7) is 14.5. The van der Waals surface area contributed by atoms with Gasteiger partial charge < -0.3 is 9.26 Å². The number of hydrogen-bond donors (Lipinski definition) is 0. The second-order valence-corrected chi connectivity index (χ2v) is 16.8. The number of oxime groups is 1. The fourth-order valence-corrected chi connectivity index (χ4v) is 10.1. The van der Waals surface area contributed by atoms with Crippen LogP contribution in [0.5, 0.6) is 0 Å². The van der Waals surface area contributed by atoms with E-state index < -0.39 is 8.32 Å². The van der Waals surface area contributed by atoms with Crippen molar-refractivity contribution < 1.29 is 9.26 Å². The summed E-state index contributed by atoms with van der Waals surface area (Å²) in [6, 6.07) is 0. The molecular weight excluding hydrogens is 374 g/mol. The van der Waals surface area contributed by atoms with Crippen molar-refractivity contribution in [2.75, 3.05) is 7.11 Å². The summed E-state index contributed by atoms with van der Waals surface area (Å²) in [4.78, 5) is 5.49. The molecular formula is C25H45NO2Si. The molecule has 0 aliphatic heterocycles. The zero-order chi connectivity index (χ0) is 21.0. The van der Waals surface area contributed by atoms with E-state index in [0.29, 0.717) is 28.8 Å². The minimum atomic E-state index is -1.53. The Hall–Kier alpha value is -0.353. The Labute approximate surface area is 180 Å². The van der Waals surface area contributed by atoms with E-state index in [0.717, 1.165) is 24.2 Å². The van der Waals surface area contributed by atoms with E-state index in [9.17, 15) is 0 Å². The molecule has 3 unspecified atom stereocenters. The van der Waals surface area contributed by atoms with Crippen LogP contribution in [0.25, 0.3) is 0 Å². The number of rotatable bonds is 4. The van der Waals surface area contributed by atoms with Crippen molar-refractivity contribution in [2.24, 2.45) is 45.6 Å². The Balaban J connectivity index is 1.67. The molecule has 4 aliphatic rings. The van der Waals surface area contributed by atoms with Gasteiger partial charge in [0.15, 0.2) is 8.32 Å². The first-order chi connectivity index (χ1) is 13.6. The first-order valence-corrected chi connectivity index (χ1v) is 15.8. The molecule has 166 valence electrons. The highest BCUT2D eigenvalue weighted by Gasteiger charge is 2.62. The summed E-state index contributed by atoms with van der Waals surface area (Å²) < 4.78 is 6.64. The van der Waals surface area contributed by atoms with Crippen LogP contribution >= 0.6 is 0 Å². The van der Waals surface area contributed by atoms with Gasteiger partial charge in [-0.3, -0.25) is 0 Å². The topological polar surface area (TPSA) is 30.8 Å². The van der Waals surface area contributed by atoms with Gasteiger partial charge >= 0.3 is 0 Å². The summed E-state index contributed by atoms with van der Waals surface area (Å²) in [5, 5.41) is 4.76. The molecule has 8 atom stereocenters. The molecule has 0 amide bonds. The van der Waals surface area contributed by atoms with E-state index in [-0.39, 0.29) is 0 Å². The van der Waals surface area contributed by atoms with E-state index in [1.54, 1.807) is 7.11 Å². The van der Waals surface area contributed by atoms with Crippen molar-refractivity contribution in [1.82, 2.24) is 0 Å². The van der Waals surface area contributed by atoms with Gasteiger partial charge in [0.05, 0.1) is 5.71 Å². The lowest BCUT2D eigenvalue weighted by Gasteiger charge is -2.60. The molecule has 0 radical (unpaired) electrons. The highest BCUT2D eigenvalue weighted by atomic mass is 28.4. The van der Waals surface area contributed by atoms with Crippen LogP contribution in [0, 0.1) is 40.4 Å². The lowest BCUT2D eigenvalue weighted by molar-refractivity contribution is -0.0683. The molecule has 0 aromatic heterocycles. The SMILES string of the molecule is CON=C1C[C@@]2(C)C(CC[C@@H]2[C@H](C)O[Si](C)(C)C)C2CC[C@@H]3CCCC[C@]3(C)C12. The molecule has 4 fully saturated rings. The molecule has 4 aliphatic carbocycles. The van der Waals surface area contributed by atoms with Crippen LogP contribution in [0.15, 0.2) is 5.16 Å². The number of fused-ring (bicyclic) bond motifs is 5. The van der Waals surface area contributed by atoms with Crippen LogP contribution in [0.1, 0.15) is 78.6 Å². The third kappa shape index (κ3) is 3.64. The minimum Gasteiger partial charge on any atom is -0.415 e. The molecule has 0 N–H and O–H groups in total. The molecule has 0 spiro atoms. The van der Waals surface area contributed by atoms with E-state index in [2.05, 4.69) is 40.4 Å². The summed E-state index contributed by atoms with van der Waals surface area (Å²) in [5.74, 6) is 3.83. The summed E-state index contributed by atoms with van der Waals surface area (Å²) in [6.07, 6.45) is 12.7. The van der Waals surface area contributed by atoms with Gasteiger partial charge in [0.1, 0.15) is 7.11 Å². The van der Waals surface area contributed by atoms with E-state index >= 15 is 0 Å². The molecule has 4 heteroatoms. The van der Waals surface area contributed by atoms with Gasteiger partial charge in [-0.1, -0.05) is 31.8 Å². The van der Waals surface area contributed by atoms with Gasteiger partial charge in [-0.15, -0.1) is 0 Å². The van der Waals surface area contributed by atoms with Gasteiger partial charge in [0.25, 0.3) is 0 Å². The third-order valence-corrected chi connectivity index (χ3v) is 10.8. The molecule has 0 aromatic rings. The molecule has 0 bridgehead atoms. The van der Waals surface area contributed by atoms with Crippen LogP contribution in [0.4, 0.5) is 0 Å². The third-order valence-electron chi connectivity index (χ3n) is 9.67. The maximum atomic E-state index is 6.64. The number of hydrogen-bond acceptors (Lipinski definition) is 3. The molecule has 29 heavy (non-hydrogen) atoms. The molecule has 0 saturated heterocycles. The van der Waals surface area contributed by atoms with E-state index in [4.69, 9.17) is 14.4 Å². The van der Waals surface area contributed by atoms with Crippen molar-refractivity contribution >= 4 is 14.0 Å². The fourth-order valence-electron chi connectivity index (χ4n) is 8.80. The van der Waals surface area contributed by atoms with Gasteiger partial charge in [-0.05, 0) is 106 Å². The Kier molecular flexibility index (Phi) is 5.77. The lowest BCUT2D eigenvalue weighted by Crippen LogP contribution is -2.57. The van der Waals surface area contributed by atoms with Crippen LogP contribution in [0.2, 0.25) is 19.6 Å². The monoisotopic (exact) mass is 419 g/mol. The predicted octanol–water partition coefficient (Wildman–Crippen LogP) is 6.89. The smallest absolute Gasteiger partial charge is 0.184 e. The second kappa shape index (κ2) is 7.65. The first kappa shape index (κ1) is 21.9. The zero-order valence-corrected chi connectivity index (χ0v) is 21.1. The Morgan fingerprint density at radius 1 is 1.00 bits per heavy atom. The first-order valence-electron chi connectivity index (χ1n) is 12.4. The molecule has 4 saturated carbocycles. The van der Waals surface area contributed by atoms with E-state index in [1.807, 2.05) is 0 Å². The van der Waals surface area contributed by atoms with Crippen molar-refractivity contribution in [3.8, 4) is 0 Å². The molecule has 0 heterocycles. The van der Waals surface area contributed by atoms with Gasteiger partial charge in [0.2, 0.25) is 0 Å². The van der Waals surface area contributed by atoms with E-state index in [1.165, 1.54) is 57.1 Å². The summed E-state index contributed by atoms with van der Waals surface area (Å²) in [7, 11) is 0.219. The maximum absolute atomic E-state index is 6.64. The average molecular weight is 420 g/mol. The molecule has 4 rings (SSSR count). The van der Waals surface area contributed by atoms with Gasteiger partial charge in [-0.25, -0.2) is 0 Å². The summed E-state index contributed by atoms with van der Waals surface area (Å²) in [5.41, 5.74) is 2.16. The normalized spacial score (nSPS) is 47.3. The van der Waals surface area contributed by atoms with Crippen molar-refractivity contribution in [3.63, 3.8) is 0 Å². The quantitative estimate of drug-likeness (QED) is 0.367. The molecule has 0 aromatic carbocycles. The standard InChI is InChI=1S/C25H45NO2Si/c1-17(28-29(5,6)7)20-13-14-21-19-12-11-18-10-8-9-15-24(18,2)23(19)22(26-27-4)16-25(20,21)3/h17-21,23H,8-16H2,1-7H3/t17-,18-,19?,20+,21?,23?,24-,25+/m0/s1. The predicted molar refractivity (Wildman–Crippen MR) is 124 cm³/mol. The summed E-state index contributed by atoms with van der Waals surface area (Å²) >= 11 is 0. The van der Waals surface area contributed by atoms with Crippen molar-refractivity contribution in [2.45, 2.75) is 104 Å². The fraction of sp³-hybridized carbons (Fsp3) is 0.960. The highest BCUT2D eigenvalue weighted by molar-refractivity contribution is 6.69. The van der Waals surface area contributed by atoms with Gasteiger partial charge in [0, 0.05) is 12.0 Å². The van der Waals surface area contributed by atoms with Crippen molar-refractivity contribution in [3.05, 3.63) is 0 Å². The largest absolute Gasteiger partial charge is 0.415 e. The van der Waals surface area contributed by atoms with Crippen molar-refractivity contribution in [1.29, 1.82) is 0 Å². The van der Waals surface area contributed by atoms with Crippen LogP contribution < -0.4 is 0 Å². The average Bonchev–Trinajstić information content (AvgIpc) is 2.96. The van der Waals surface area contributed by atoms with Crippen LogP contribution in [-0.4, -0.2) is 27.2 Å². The number of nitrogens with zero attached hydrogens (tertiary/aromatic N) is 1. The maximum Gasteiger partial charge on any atom is 0.184 e. The molecule has 3 nitrogen and oxygen atoms in total. The Bertz CT molecular complexity index is 643. The second-order valence-electron chi connectivity index (χ2n) is 12.3. The highest BCUT2D eigenvalue weighted by Crippen LogP contribution is 2.67. The zero-order valence-electron chi connectivity index (χ0n) is 20.1. The van der Waals surface area contributed by atoms with Crippen LogP contribution in [-0.2, 0) is 9.26 Å². The Morgan fingerprint density at radius 2 is 1.76 bits per heavy atom. The minimum absolute atomic E-state index is 0.315. The Morgan fingerprint density at radius 3 is 2.45 bits per heavy atom. The lowest BCUT2D eigenvalue weighted by atomic mass is 9.44. The van der Waals surface area contributed by atoms with Gasteiger partial charge in [-0.2, -0.15) is 0 Å². The van der Waals surface area contributed by atoms with Crippen LogP contribution in [0.3, 0.4) is 0 Å².